The Morgan fingerprint density at radius 3 is 2.55 bits per heavy atom. The molecule has 0 aliphatic carbocycles. The lowest BCUT2D eigenvalue weighted by Crippen LogP contribution is -2.07. The van der Waals surface area contributed by atoms with Crippen LogP contribution in [-0.2, 0) is 6.18 Å². The second-order valence-corrected chi connectivity index (χ2v) is 5.39. The van der Waals surface area contributed by atoms with Crippen LogP contribution in [-0.4, -0.2) is 4.98 Å². The van der Waals surface area contributed by atoms with Gasteiger partial charge in [-0.1, -0.05) is 24.3 Å². The molecule has 0 bridgehead atoms. The smallest absolute Gasteiger partial charge is 0.244 e. The number of hydrogen-bond acceptors (Lipinski definition) is 2. The molecule has 0 saturated heterocycles. The fourth-order valence-corrected chi connectivity index (χ4v) is 3.00. The van der Waals surface area contributed by atoms with Gasteiger partial charge in [0.15, 0.2) is 0 Å². The predicted molar refractivity (Wildman–Crippen MR) is 74.8 cm³/mol. The highest BCUT2D eigenvalue weighted by molar-refractivity contribution is 7.16. The molecular formula is C15H10F3NS. The molecule has 0 fully saturated rings. The fourth-order valence-electron chi connectivity index (χ4n) is 2.32. The predicted octanol–water partition coefficient (Wildman–Crippen LogP) is 5.29. The highest BCUT2D eigenvalue weighted by Crippen LogP contribution is 2.40. The van der Waals surface area contributed by atoms with Gasteiger partial charge in [0, 0.05) is 5.56 Å². The van der Waals surface area contributed by atoms with Crippen LogP contribution in [0.1, 0.15) is 11.1 Å². The minimum atomic E-state index is -4.37. The van der Waals surface area contributed by atoms with E-state index in [-0.39, 0.29) is 5.56 Å². The Labute approximate surface area is 117 Å². The molecule has 3 aromatic rings. The third-order valence-electron chi connectivity index (χ3n) is 3.21. The summed E-state index contributed by atoms with van der Waals surface area (Å²) in [4.78, 5) is 4.23. The van der Waals surface area contributed by atoms with Crippen LogP contribution in [0.5, 0.6) is 0 Å². The van der Waals surface area contributed by atoms with Crippen LogP contribution in [0.4, 0.5) is 13.2 Å². The molecule has 0 saturated carbocycles. The van der Waals surface area contributed by atoms with Gasteiger partial charge in [-0.25, -0.2) is 4.98 Å². The number of alkyl halides is 3. The first kappa shape index (κ1) is 13.1. The summed E-state index contributed by atoms with van der Waals surface area (Å²) >= 11 is 1.43. The van der Waals surface area contributed by atoms with Gasteiger partial charge in [-0.3, -0.25) is 0 Å². The van der Waals surface area contributed by atoms with Gasteiger partial charge in [0.2, 0.25) is 0 Å². The number of benzene rings is 2. The number of rotatable bonds is 1. The molecule has 0 atom stereocenters. The van der Waals surface area contributed by atoms with E-state index in [4.69, 9.17) is 0 Å². The van der Waals surface area contributed by atoms with Crippen LogP contribution in [0, 0.1) is 6.92 Å². The summed E-state index contributed by atoms with van der Waals surface area (Å²) in [7, 11) is 0. The standard InChI is InChI=1S/C15H10F3NS/c1-9-6-7-12-14(19-8-20-12)13(9)10-4-2-3-5-11(10)15(16,17)18/h2-8H,1H3. The molecule has 2 aromatic carbocycles. The van der Waals surface area contributed by atoms with Crippen LogP contribution >= 0.6 is 11.3 Å². The van der Waals surface area contributed by atoms with Crippen LogP contribution < -0.4 is 0 Å². The van der Waals surface area contributed by atoms with Gasteiger partial charge in [-0.15, -0.1) is 11.3 Å². The summed E-state index contributed by atoms with van der Waals surface area (Å²) in [5.74, 6) is 0. The van der Waals surface area contributed by atoms with Crippen LogP contribution in [0.15, 0.2) is 41.9 Å². The lowest BCUT2D eigenvalue weighted by atomic mass is 9.95. The maximum atomic E-state index is 13.2. The van der Waals surface area contributed by atoms with Gasteiger partial charge < -0.3 is 0 Å². The minimum Gasteiger partial charge on any atom is -0.244 e. The molecule has 0 amide bonds. The van der Waals surface area contributed by atoms with Crippen molar-refractivity contribution in [1.82, 2.24) is 4.98 Å². The van der Waals surface area contributed by atoms with E-state index in [2.05, 4.69) is 4.98 Å². The molecule has 3 rings (SSSR count). The van der Waals surface area contributed by atoms with Gasteiger partial charge in [0.1, 0.15) is 0 Å². The topological polar surface area (TPSA) is 12.9 Å². The summed E-state index contributed by atoms with van der Waals surface area (Å²) in [6.45, 7) is 1.81. The molecule has 5 heteroatoms. The monoisotopic (exact) mass is 293 g/mol. The average molecular weight is 293 g/mol. The number of halogens is 3. The van der Waals surface area contributed by atoms with Crippen molar-refractivity contribution in [3.8, 4) is 11.1 Å². The number of aromatic nitrogens is 1. The molecule has 0 N–H and O–H groups in total. The third kappa shape index (κ3) is 2.08. The maximum Gasteiger partial charge on any atom is 0.417 e. The van der Waals surface area contributed by atoms with Crippen molar-refractivity contribution in [2.45, 2.75) is 13.1 Å². The Hall–Kier alpha value is -1.88. The molecule has 0 radical (unpaired) electrons. The third-order valence-corrected chi connectivity index (χ3v) is 4.01. The molecule has 1 nitrogen and oxygen atoms in total. The summed E-state index contributed by atoms with van der Waals surface area (Å²) in [5, 5.41) is 0. The zero-order chi connectivity index (χ0) is 14.3. The Bertz CT molecular complexity index is 774. The number of hydrogen-bond donors (Lipinski definition) is 0. The van der Waals surface area contributed by atoms with Gasteiger partial charge in [0.25, 0.3) is 0 Å². The van der Waals surface area contributed by atoms with Crippen molar-refractivity contribution < 1.29 is 13.2 Å². The summed E-state index contributed by atoms with van der Waals surface area (Å²) < 4.78 is 40.4. The van der Waals surface area contributed by atoms with Crippen molar-refractivity contribution in [2.24, 2.45) is 0 Å². The van der Waals surface area contributed by atoms with Crippen LogP contribution in [0.2, 0.25) is 0 Å². The molecule has 1 heterocycles. The molecule has 1 aromatic heterocycles. The molecule has 20 heavy (non-hydrogen) atoms. The molecule has 0 aliphatic heterocycles. The van der Waals surface area contributed by atoms with E-state index in [1.807, 2.05) is 12.1 Å². The first-order valence-electron chi connectivity index (χ1n) is 5.98. The minimum absolute atomic E-state index is 0.189. The fraction of sp³-hybridized carbons (Fsp3) is 0.133. The Kier molecular flexibility index (Phi) is 3.01. The van der Waals surface area contributed by atoms with E-state index in [0.29, 0.717) is 11.1 Å². The number of aryl methyl sites for hydroxylation is 1. The SMILES string of the molecule is Cc1ccc2scnc2c1-c1ccccc1C(F)(F)F. The number of nitrogens with zero attached hydrogens (tertiary/aromatic N) is 1. The first-order chi connectivity index (χ1) is 9.48. The van der Waals surface area contributed by atoms with Gasteiger partial charge in [-0.2, -0.15) is 13.2 Å². The van der Waals surface area contributed by atoms with Crippen LogP contribution in [0.25, 0.3) is 21.3 Å². The quantitative estimate of drug-likeness (QED) is 0.594. The average Bonchev–Trinajstić information content (AvgIpc) is 2.86. The highest BCUT2D eigenvalue weighted by Gasteiger charge is 2.34. The van der Waals surface area contributed by atoms with Gasteiger partial charge in [-0.05, 0) is 30.2 Å². The second-order valence-electron chi connectivity index (χ2n) is 4.50. The van der Waals surface area contributed by atoms with Crippen molar-refractivity contribution in [3.63, 3.8) is 0 Å². The van der Waals surface area contributed by atoms with E-state index in [1.54, 1.807) is 18.5 Å². The molecule has 102 valence electrons. The summed E-state index contributed by atoms with van der Waals surface area (Å²) in [6.07, 6.45) is -4.37. The molecule has 0 aliphatic rings. The summed E-state index contributed by atoms with van der Waals surface area (Å²) in [5.41, 5.74) is 3.21. The van der Waals surface area contributed by atoms with E-state index in [9.17, 15) is 13.2 Å². The van der Waals surface area contributed by atoms with E-state index in [0.717, 1.165) is 16.3 Å². The highest BCUT2D eigenvalue weighted by atomic mass is 32.1. The Morgan fingerprint density at radius 2 is 1.80 bits per heavy atom. The zero-order valence-corrected chi connectivity index (χ0v) is 11.3. The van der Waals surface area contributed by atoms with Crippen molar-refractivity contribution in [3.05, 3.63) is 53.0 Å². The van der Waals surface area contributed by atoms with Crippen LogP contribution in [0.3, 0.4) is 0 Å². The van der Waals surface area contributed by atoms with Crippen molar-refractivity contribution in [2.75, 3.05) is 0 Å². The zero-order valence-electron chi connectivity index (χ0n) is 10.5. The van der Waals surface area contributed by atoms with E-state index in [1.165, 1.54) is 23.5 Å². The van der Waals surface area contributed by atoms with E-state index < -0.39 is 11.7 Å². The molecule has 0 unspecified atom stereocenters. The maximum absolute atomic E-state index is 13.2. The molecule has 0 spiro atoms. The Morgan fingerprint density at radius 1 is 1.05 bits per heavy atom. The first-order valence-corrected chi connectivity index (χ1v) is 6.86. The van der Waals surface area contributed by atoms with Crippen molar-refractivity contribution >= 4 is 21.6 Å². The number of thiazole rings is 1. The number of fused-ring (bicyclic) bond motifs is 1. The van der Waals surface area contributed by atoms with Gasteiger partial charge in [0.05, 0.1) is 21.3 Å². The van der Waals surface area contributed by atoms with E-state index >= 15 is 0 Å². The lowest BCUT2D eigenvalue weighted by Gasteiger charge is -2.15. The second kappa shape index (κ2) is 4.59. The lowest BCUT2D eigenvalue weighted by molar-refractivity contribution is -0.137. The van der Waals surface area contributed by atoms with Gasteiger partial charge >= 0.3 is 6.18 Å². The Balaban J connectivity index is 2.37. The van der Waals surface area contributed by atoms with Crippen molar-refractivity contribution in [1.29, 1.82) is 0 Å². The largest absolute Gasteiger partial charge is 0.417 e. The summed E-state index contributed by atoms with van der Waals surface area (Å²) in [6, 6.07) is 9.37. The molecular weight excluding hydrogens is 283 g/mol. The normalized spacial score (nSPS) is 12.0.